The van der Waals surface area contributed by atoms with Crippen molar-refractivity contribution >= 4 is 56.2 Å². The number of benzene rings is 2. The Balaban J connectivity index is 1.68. The Morgan fingerprint density at radius 1 is 1.19 bits per heavy atom. The zero-order valence-electron chi connectivity index (χ0n) is 15.1. The van der Waals surface area contributed by atoms with Gasteiger partial charge in [-0.15, -0.1) is 11.3 Å². The summed E-state index contributed by atoms with van der Waals surface area (Å²) in [4.78, 5) is 28.8. The number of halogens is 1. The van der Waals surface area contributed by atoms with E-state index in [1.54, 1.807) is 28.1 Å². The highest BCUT2D eigenvalue weighted by atomic mass is 35.5. The molecule has 1 unspecified atom stereocenters. The topological polar surface area (TPSA) is 40.6 Å². The lowest BCUT2D eigenvalue weighted by atomic mass is 10.1. The van der Waals surface area contributed by atoms with Crippen molar-refractivity contribution in [1.29, 1.82) is 0 Å². The van der Waals surface area contributed by atoms with Crippen LogP contribution in [0.5, 0.6) is 0 Å². The van der Waals surface area contributed by atoms with Gasteiger partial charge in [0.1, 0.15) is 0 Å². The highest BCUT2D eigenvalue weighted by Gasteiger charge is 2.33. The van der Waals surface area contributed by atoms with Crippen molar-refractivity contribution in [2.45, 2.75) is 26.3 Å². The summed E-state index contributed by atoms with van der Waals surface area (Å²) >= 11 is 7.76. The number of hydrogen-bond donors (Lipinski definition) is 0. The third-order valence-electron chi connectivity index (χ3n) is 4.92. The fourth-order valence-electron chi connectivity index (χ4n) is 3.74. The number of fused-ring (bicyclic) bond motifs is 2. The van der Waals surface area contributed by atoms with Crippen molar-refractivity contribution in [2.75, 3.05) is 16.3 Å². The van der Waals surface area contributed by atoms with Crippen LogP contribution in [-0.4, -0.2) is 24.4 Å². The number of carbonyl (C=O) groups excluding carboxylic acids is 2. The lowest BCUT2D eigenvalue weighted by molar-refractivity contribution is -0.119. The largest absolute Gasteiger partial charge is 0.308 e. The third-order valence-corrected chi connectivity index (χ3v) is 6.16. The molecule has 3 aromatic rings. The maximum absolute atomic E-state index is 13.2. The Morgan fingerprint density at radius 3 is 2.67 bits per heavy atom. The number of hydrogen-bond acceptors (Lipinski definition) is 3. The second-order valence-electron chi connectivity index (χ2n) is 6.81. The Morgan fingerprint density at radius 2 is 1.93 bits per heavy atom. The van der Waals surface area contributed by atoms with Crippen molar-refractivity contribution in [3.05, 3.63) is 58.4 Å². The third kappa shape index (κ3) is 3.22. The number of thiophene rings is 1. The van der Waals surface area contributed by atoms with Crippen LogP contribution in [0, 0.1) is 0 Å². The molecule has 4 nitrogen and oxygen atoms in total. The Labute approximate surface area is 167 Å². The molecule has 1 aliphatic heterocycles. The van der Waals surface area contributed by atoms with Gasteiger partial charge in [-0.1, -0.05) is 23.7 Å². The van der Waals surface area contributed by atoms with Gasteiger partial charge in [-0.3, -0.25) is 9.59 Å². The molecule has 1 atom stereocenters. The van der Waals surface area contributed by atoms with Crippen molar-refractivity contribution < 1.29 is 9.59 Å². The first-order valence-corrected chi connectivity index (χ1v) is 10.1. The van der Waals surface area contributed by atoms with Gasteiger partial charge >= 0.3 is 0 Å². The number of carbonyl (C=O) groups is 2. The summed E-state index contributed by atoms with van der Waals surface area (Å²) in [6.07, 6.45) is 0.307. The van der Waals surface area contributed by atoms with Gasteiger partial charge in [-0.25, -0.2) is 0 Å². The van der Waals surface area contributed by atoms with Crippen LogP contribution in [0.15, 0.2) is 47.8 Å². The quantitative estimate of drug-likeness (QED) is 0.616. The van der Waals surface area contributed by atoms with Crippen molar-refractivity contribution in [1.82, 2.24) is 0 Å². The molecule has 1 aliphatic rings. The van der Waals surface area contributed by atoms with E-state index < -0.39 is 0 Å². The van der Waals surface area contributed by atoms with E-state index in [0.717, 1.165) is 27.0 Å². The summed E-state index contributed by atoms with van der Waals surface area (Å²) in [5, 5.41) is 3.73. The fraction of sp³-hybridized carbons (Fsp3) is 0.238. The van der Waals surface area contributed by atoms with Crippen molar-refractivity contribution in [3.8, 4) is 0 Å². The van der Waals surface area contributed by atoms with Gasteiger partial charge in [0.15, 0.2) is 0 Å². The monoisotopic (exact) mass is 398 g/mol. The first-order valence-electron chi connectivity index (χ1n) is 8.80. The standard InChI is InChI=1S/C21H19ClN2O2S/c1-13-11-23(18-5-3-4-6-19(18)24(13)14(2)25)21(26)9-15-12-27-20-8-7-16(22)10-17(15)20/h3-8,10,12-13H,9,11H2,1-2H3. The molecule has 0 N–H and O–H groups in total. The maximum Gasteiger partial charge on any atom is 0.231 e. The van der Waals surface area contributed by atoms with E-state index in [1.165, 1.54) is 0 Å². The fourth-order valence-corrected chi connectivity index (χ4v) is 4.86. The average Bonchev–Trinajstić information content (AvgIpc) is 3.02. The highest BCUT2D eigenvalue weighted by molar-refractivity contribution is 7.17. The second-order valence-corrected chi connectivity index (χ2v) is 8.16. The van der Waals surface area contributed by atoms with Crippen LogP contribution >= 0.6 is 22.9 Å². The zero-order chi connectivity index (χ0) is 19.1. The van der Waals surface area contributed by atoms with Gasteiger partial charge in [0.2, 0.25) is 11.8 Å². The minimum absolute atomic E-state index is 0.0134. The summed E-state index contributed by atoms with van der Waals surface area (Å²) in [7, 11) is 0. The summed E-state index contributed by atoms with van der Waals surface area (Å²) < 4.78 is 1.12. The molecule has 0 aliphatic carbocycles. The SMILES string of the molecule is CC(=O)N1c2ccccc2N(C(=O)Cc2csc3ccc(Cl)cc23)CC1C. The number of amides is 2. The van der Waals surface area contributed by atoms with Crippen LogP contribution in [-0.2, 0) is 16.0 Å². The van der Waals surface area contributed by atoms with E-state index in [9.17, 15) is 9.59 Å². The molecule has 0 bridgehead atoms. The number of para-hydroxylation sites is 2. The minimum Gasteiger partial charge on any atom is -0.308 e. The number of anilines is 2. The number of nitrogens with zero attached hydrogens (tertiary/aromatic N) is 2. The molecule has 0 spiro atoms. The van der Waals surface area contributed by atoms with E-state index in [1.807, 2.05) is 54.8 Å². The lowest BCUT2D eigenvalue weighted by Crippen LogP contribution is -2.51. The first-order chi connectivity index (χ1) is 13.0. The van der Waals surface area contributed by atoms with E-state index in [4.69, 9.17) is 11.6 Å². The predicted molar refractivity (Wildman–Crippen MR) is 112 cm³/mol. The molecule has 2 amide bonds. The molecule has 2 aromatic carbocycles. The predicted octanol–water partition coefficient (Wildman–Crippen LogP) is 4.89. The molecule has 0 saturated heterocycles. The minimum atomic E-state index is -0.0741. The average molecular weight is 399 g/mol. The van der Waals surface area contributed by atoms with Crippen LogP contribution in [0.4, 0.5) is 11.4 Å². The molecule has 6 heteroatoms. The van der Waals surface area contributed by atoms with Gasteiger partial charge < -0.3 is 9.80 Å². The van der Waals surface area contributed by atoms with Gasteiger partial charge in [0, 0.05) is 23.2 Å². The van der Waals surface area contributed by atoms with E-state index in [0.29, 0.717) is 18.0 Å². The summed E-state index contributed by atoms with van der Waals surface area (Å²) in [6.45, 7) is 4.02. The van der Waals surface area contributed by atoms with Crippen LogP contribution in [0.2, 0.25) is 5.02 Å². The molecule has 0 radical (unpaired) electrons. The lowest BCUT2D eigenvalue weighted by Gasteiger charge is -2.40. The van der Waals surface area contributed by atoms with Gasteiger partial charge in [0.25, 0.3) is 0 Å². The molecule has 1 aromatic heterocycles. The molecule has 4 rings (SSSR count). The normalized spacial score (nSPS) is 16.5. The Kier molecular flexibility index (Phi) is 4.66. The molecular formula is C21H19ClN2O2S. The van der Waals surface area contributed by atoms with Gasteiger partial charge in [-0.2, -0.15) is 0 Å². The summed E-state index contributed by atoms with van der Waals surface area (Å²) in [6, 6.07) is 13.3. The van der Waals surface area contributed by atoms with E-state index in [2.05, 4.69) is 0 Å². The summed E-state index contributed by atoms with van der Waals surface area (Å²) in [5.41, 5.74) is 2.56. The first kappa shape index (κ1) is 18.0. The molecule has 27 heavy (non-hydrogen) atoms. The van der Waals surface area contributed by atoms with Crippen LogP contribution in [0.1, 0.15) is 19.4 Å². The number of rotatable bonds is 2. The maximum atomic E-state index is 13.2. The second kappa shape index (κ2) is 6.98. The summed E-state index contributed by atoms with van der Waals surface area (Å²) in [5.74, 6) is 0.0118. The van der Waals surface area contributed by atoms with Gasteiger partial charge in [0.05, 0.1) is 23.8 Å². The van der Waals surface area contributed by atoms with Crippen molar-refractivity contribution in [3.63, 3.8) is 0 Å². The Bertz CT molecular complexity index is 1050. The molecule has 138 valence electrons. The smallest absolute Gasteiger partial charge is 0.231 e. The van der Waals surface area contributed by atoms with Gasteiger partial charge in [-0.05, 0) is 53.6 Å². The van der Waals surface area contributed by atoms with E-state index in [-0.39, 0.29) is 17.9 Å². The van der Waals surface area contributed by atoms with Crippen molar-refractivity contribution in [2.24, 2.45) is 0 Å². The van der Waals surface area contributed by atoms with Crippen LogP contribution in [0.25, 0.3) is 10.1 Å². The van der Waals surface area contributed by atoms with Crippen LogP contribution < -0.4 is 9.80 Å². The van der Waals surface area contributed by atoms with Crippen LogP contribution in [0.3, 0.4) is 0 Å². The highest BCUT2D eigenvalue weighted by Crippen LogP contribution is 2.36. The molecular weight excluding hydrogens is 380 g/mol. The molecule has 2 heterocycles. The molecule has 0 saturated carbocycles. The molecule has 0 fully saturated rings. The Hall–Kier alpha value is -2.37. The van der Waals surface area contributed by atoms with E-state index >= 15 is 0 Å². The zero-order valence-corrected chi connectivity index (χ0v) is 16.7.